The highest BCUT2D eigenvalue weighted by Gasteiger charge is 2.21. The monoisotopic (exact) mass is 437 g/mol. The van der Waals surface area contributed by atoms with Crippen molar-refractivity contribution in [1.82, 2.24) is 24.5 Å². The Hall–Kier alpha value is -3.69. The summed E-state index contributed by atoms with van der Waals surface area (Å²) < 4.78 is 26.3. The molecule has 1 fully saturated rings. The zero-order valence-electron chi connectivity index (χ0n) is 17.4. The quantitative estimate of drug-likeness (QED) is 0.486. The van der Waals surface area contributed by atoms with E-state index in [0.29, 0.717) is 16.7 Å². The average molecular weight is 437 g/mol. The molecule has 0 saturated carbocycles. The number of aromatic nitrogens is 5. The molecule has 164 valence electrons. The molecule has 0 spiro atoms. The Labute approximate surface area is 182 Å². The number of piperazine rings is 1. The molecule has 0 atom stereocenters. The maximum absolute atomic E-state index is 12.7. The summed E-state index contributed by atoms with van der Waals surface area (Å²) in [6.45, 7) is 4.31. The van der Waals surface area contributed by atoms with Gasteiger partial charge in [-0.1, -0.05) is 0 Å². The van der Waals surface area contributed by atoms with Gasteiger partial charge >= 0.3 is 0 Å². The summed E-state index contributed by atoms with van der Waals surface area (Å²) in [6.07, 6.45) is 2.09. The van der Waals surface area contributed by atoms with Gasteiger partial charge in [0.25, 0.3) is 12.0 Å². The largest absolute Gasteiger partial charge is 0.368 e. The number of hydrogen-bond donors (Lipinski definition) is 0. The lowest BCUT2D eigenvalue weighted by Gasteiger charge is -2.37. The molecule has 0 bridgehead atoms. The number of anilines is 2. The fraction of sp³-hybridized carbons (Fsp3) is 0.318. The minimum atomic E-state index is -2.60. The van der Waals surface area contributed by atoms with E-state index in [9.17, 15) is 13.6 Å². The van der Waals surface area contributed by atoms with Crippen molar-refractivity contribution in [1.29, 1.82) is 0 Å². The molecule has 1 aromatic carbocycles. The fourth-order valence-corrected chi connectivity index (χ4v) is 4.12. The molecule has 0 unspecified atom stereocenters. The molecule has 0 aliphatic carbocycles. The van der Waals surface area contributed by atoms with E-state index in [2.05, 4.69) is 29.7 Å². The number of fused-ring (bicyclic) bond motifs is 2. The molecule has 1 saturated heterocycles. The van der Waals surface area contributed by atoms with Crippen molar-refractivity contribution in [3.05, 3.63) is 59.2 Å². The molecule has 4 aromatic rings. The molecule has 5 rings (SSSR count). The van der Waals surface area contributed by atoms with Crippen LogP contribution in [0.2, 0.25) is 0 Å². The third-order valence-electron chi connectivity index (χ3n) is 5.68. The molecule has 3 aromatic heterocycles. The Morgan fingerprint density at radius 1 is 1.00 bits per heavy atom. The van der Waals surface area contributed by atoms with Crippen molar-refractivity contribution in [2.45, 2.75) is 19.9 Å². The normalized spacial score (nSPS) is 14.6. The first-order chi connectivity index (χ1) is 15.5. The van der Waals surface area contributed by atoms with Crippen molar-refractivity contribution in [3.8, 4) is 0 Å². The Kier molecular flexibility index (Phi) is 5.12. The van der Waals surface area contributed by atoms with Gasteiger partial charge in [-0.15, -0.1) is 0 Å². The number of alkyl halides is 2. The van der Waals surface area contributed by atoms with Crippen LogP contribution in [0.1, 0.15) is 5.82 Å². The minimum Gasteiger partial charge on any atom is -0.368 e. The Morgan fingerprint density at radius 3 is 2.56 bits per heavy atom. The van der Waals surface area contributed by atoms with Crippen LogP contribution in [0.15, 0.2) is 47.8 Å². The molecule has 1 aliphatic rings. The second-order valence-corrected chi connectivity index (χ2v) is 7.76. The number of aryl methyl sites for hydroxylation is 1. The van der Waals surface area contributed by atoms with E-state index in [4.69, 9.17) is 0 Å². The van der Waals surface area contributed by atoms with Gasteiger partial charge in [-0.3, -0.25) is 14.3 Å². The average Bonchev–Trinajstić information content (AvgIpc) is 2.80. The van der Waals surface area contributed by atoms with Gasteiger partial charge in [0.15, 0.2) is 0 Å². The second-order valence-electron chi connectivity index (χ2n) is 7.76. The predicted octanol–water partition coefficient (Wildman–Crippen LogP) is 2.63. The molecule has 10 heteroatoms. The first-order valence-corrected chi connectivity index (χ1v) is 10.4. The maximum Gasteiger partial charge on any atom is 0.261 e. The highest BCUT2D eigenvalue weighted by Crippen LogP contribution is 2.26. The third-order valence-corrected chi connectivity index (χ3v) is 5.68. The van der Waals surface area contributed by atoms with Gasteiger partial charge in [0.2, 0.25) is 0 Å². The van der Waals surface area contributed by atoms with Crippen LogP contribution in [0, 0.1) is 6.92 Å². The Bertz CT molecular complexity index is 1350. The molecule has 1 aliphatic heterocycles. The van der Waals surface area contributed by atoms with Crippen LogP contribution < -0.4 is 15.4 Å². The minimum absolute atomic E-state index is 0.340. The summed E-state index contributed by atoms with van der Waals surface area (Å²) in [5, 5.41) is 1.32. The van der Waals surface area contributed by atoms with Crippen LogP contribution in [-0.2, 0) is 6.54 Å². The van der Waals surface area contributed by atoms with Gasteiger partial charge in [-0.05, 0) is 31.2 Å². The van der Waals surface area contributed by atoms with Crippen LogP contribution in [0.4, 0.5) is 20.3 Å². The summed E-state index contributed by atoms with van der Waals surface area (Å²) in [6, 6.07) is 7.30. The second kappa shape index (κ2) is 8.10. The van der Waals surface area contributed by atoms with Crippen molar-refractivity contribution >= 4 is 33.3 Å². The number of hydrogen-bond acceptors (Lipinski definition) is 7. The zero-order valence-corrected chi connectivity index (χ0v) is 17.4. The van der Waals surface area contributed by atoms with Crippen molar-refractivity contribution < 1.29 is 8.78 Å². The smallest absolute Gasteiger partial charge is 0.261 e. The first-order valence-electron chi connectivity index (χ1n) is 10.4. The number of nitrogens with zero attached hydrogens (tertiary/aromatic N) is 7. The molecule has 0 N–H and O–H groups in total. The number of benzene rings is 1. The van der Waals surface area contributed by atoms with Crippen LogP contribution in [0.3, 0.4) is 0 Å². The van der Waals surface area contributed by atoms with Gasteiger partial charge < -0.3 is 9.80 Å². The molecule has 32 heavy (non-hydrogen) atoms. The lowest BCUT2D eigenvalue weighted by atomic mass is 10.2. The van der Waals surface area contributed by atoms with Crippen LogP contribution in [0.25, 0.3) is 21.8 Å². The molecule has 8 nitrogen and oxygen atoms in total. The van der Waals surface area contributed by atoms with E-state index >= 15 is 0 Å². The van der Waals surface area contributed by atoms with Crippen molar-refractivity contribution in [3.63, 3.8) is 0 Å². The number of pyridine rings is 1. The van der Waals surface area contributed by atoms with Crippen LogP contribution in [0.5, 0.6) is 0 Å². The van der Waals surface area contributed by atoms with E-state index in [0.717, 1.165) is 53.2 Å². The first kappa shape index (κ1) is 20.2. The van der Waals surface area contributed by atoms with E-state index in [1.807, 2.05) is 25.1 Å². The third kappa shape index (κ3) is 3.72. The lowest BCUT2D eigenvalue weighted by molar-refractivity contribution is 0.125. The Morgan fingerprint density at radius 2 is 1.78 bits per heavy atom. The van der Waals surface area contributed by atoms with E-state index in [1.165, 1.54) is 6.33 Å². The highest BCUT2D eigenvalue weighted by molar-refractivity contribution is 5.89. The van der Waals surface area contributed by atoms with Gasteiger partial charge in [-0.2, -0.15) is 0 Å². The summed E-state index contributed by atoms with van der Waals surface area (Å²) in [7, 11) is 0. The summed E-state index contributed by atoms with van der Waals surface area (Å²) >= 11 is 0. The SMILES string of the molecule is Cc1nc(N2CCN(c3ccc4c(=O)n(CC(F)F)cnc4c3)CC2)c2ccncc2n1. The standard InChI is InChI=1S/C22H21F2N7O/c1-14-27-19-11-25-5-4-16(19)21(28-14)30-8-6-29(7-9-30)15-2-3-17-18(10-15)26-13-31(22(17)32)12-20(23)24/h2-5,10-11,13,20H,6-9,12H2,1H3. The van der Waals surface area contributed by atoms with Gasteiger partial charge in [0, 0.05) is 43.4 Å². The molecule has 0 amide bonds. The molecular formula is C22H21F2N7O. The van der Waals surface area contributed by atoms with Gasteiger partial charge in [-0.25, -0.2) is 23.7 Å². The summed E-state index contributed by atoms with van der Waals surface area (Å²) in [4.78, 5) is 34.4. The fourth-order valence-electron chi connectivity index (χ4n) is 4.12. The zero-order chi connectivity index (χ0) is 22.2. The molecular weight excluding hydrogens is 416 g/mol. The van der Waals surface area contributed by atoms with Crippen LogP contribution in [-0.4, -0.2) is 57.1 Å². The van der Waals surface area contributed by atoms with Crippen LogP contribution >= 0.6 is 0 Å². The highest BCUT2D eigenvalue weighted by atomic mass is 19.3. The maximum atomic E-state index is 12.7. The molecule has 0 radical (unpaired) electrons. The predicted molar refractivity (Wildman–Crippen MR) is 119 cm³/mol. The Balaban J connectivity index is 1.37. The van der Waals surface area contributed by atoms with E-state index in [-0.39, 0.29) is 0 Å². The van der Waals surface area contributed by atoms with Gasteiger partial charge in [0.05, 0.1) is 35.5 Å². The lowest BCUT2D eigenvalue weighted by Crippen LogP contribution is -2.47. The summed E-state index contributed by atoms with van der Waals surface area (Å²) in [5.74, 6) is 1.62. The van der Waals surface area contributed by atoms with E-state index < -0.39 is 18.5 Å². The number of rotatable bonds is 4. The van der Waals surface area contributed by atoms with Crippen molar-refractivity contribution in [2.24, 2.45) is 0 Å². The van der Waals surface area contributed by atoms with Crippen molar-refractivity contribution in [2.75, 3.05) is 36.0 Å². The topological polar surface area (TPSA) is 80.0 Å². The molecule has 4 heterocycles. The van der Waals surface area contributed by atoms with Gasteiger partial charge in [0.1, 0.15) is 11.6 Å². The van der Waals surface area contributed by atoms with E-state index in [1.54, 1.807) is 18.5 Å². The number of halogens is 2. The summed E-state index contributed by atoms with van der Waals surface area (Å²) in [5.41, 5.74) is 1.83.